The van der Waals surface area contributed by atoms with Crippen molar-refractivity contribution in [1.29, 1.82) is 0 Å². The fourth-order valence-corrected chi connectivity index (χ4v) is 19.6. The summed E-state index contributed by atoms with van der Waals surface area (Å²) < 4.78 is 39.4. The second-order valence-corrected chi connectivity index (χ2v) is 27.3. The van der Waals surface area contributed by atoms with E-state index in [9.17, 15) is 0 Å². The van der Waals surface area contributed by atoms with E-state index in [2.05, 4.69) is 264 Å². The summed E-state index contributed by atoms with van der Waals surface area (Å²) in [5.41, 5.74) is 8.70. The van der Waals surface area contributed by atoms with Crippen LogP contribution in [-0.2, 0) is 22.7 Å². The minimum atomic E-state index is -2.37. The van der Waals surface area contributed by atoms with Crippen molar-refractivity contribution in [1.82, 2.24) is 0 Å². The third-order valence-corrected chi connectivity index (χ3v) is 24.1. The lowest BCUT2D eigenvalue weighted by Gasteiger charge is -2.30. The maximum absolute atomic E-state index is 7.63. The van der Waals surface area contributed by atoms with Crippen molar-refractivity contribution in [3.05, 3.63) is 240 Å². The highest BCUT2D eigenvalue weighted by molar-refractivity contribution is 7.79. The van der Waals surface area contributed by atoms with E-state index in [0.29, 0.717) is 25.9 Å². The van der Waals surface area contributed by atoms with Crippen molar-refractivity contribution in [2.24, 2.45) is 0 Å². The first kappa shape index (κ1) is 49.0. The smallest absolute Gasteiger partial charge is 0.366 e. The molecule has 2 fully saturated rings. The quantitative estimate of drug-likeness (QED) is 0.0804. The van der Waals surface area contributed by atoms with Crippen LogP contribution < -0.4 is 30.7 Å². The fraction of sp³-hybridized carbons (Fsp3) is 0.231. The summed E-state index contributed by atoms with van der Waals surface area (Å²) in [6.07, 6.45) is 10.1. The third-order valence-electron chi connectivity index (χ3n) is 15.9. The molecule has 8 aromatic rings. The van der Waals surface area contributed by atoms with Gasteiger partial charge in [0.25, 0.3) is 0 Å². The number of nitrogens with zero attached hydrogens (tertiary/aromatic N) is 4. The molecule has 0 aromatic heterocycles. The largest absolute Gasteiger partial charge is 0.704 e. The average Bonchev–Trinajstić information content (AvgIpc) is 3.82. The fourth-order valence-electron chi connectivity index (χ4n) is 12.3. The molecule has 1 aliphatic carbocycles. The van der Waals surface area contributed by atoms with Gasteiger partial charge in [0, 0.05) is 69.5 Å². The molecular formula is C65H66N4O4P2+4. The maximum atomic E-state index is 7.63. The first-order valence-corrected chi connectivity index (χ1v) is 30.3. The normalized spacial score (nSPS) is 18.4. The van der Waals surface area contributed by atoms with Crippen LogP contribution in [0.4, 0.5) is 11.4 Å². The van der Waals surface area contributed by atoms with E-state index in [-0.39, 0.29) is 12.1 Å². The molecule has 0 N–H and O–H groups in total. The molecule has 10 heteroatoms. The molecule has 12 rings (SSSR count). The van der Waals surface area contributed by atoms with Crippen LogP contribution in [0.3, 0.4) is 0 Å². The van der Waals surface area contributed by atoms with Crippen LogP contribution in [0.5, 0.6) is 11.5 Å². The SMILES string of the molecule is Cc1cc2c(c(COCP(c3ccccc3)(c3ccccc3)=[N+](C)c3ccccc3)c1)OC13Oc4c(cc(C)cc4COCP(c4ccccc4)(c4ccccc4)=[N+](C)c4ccccc4)C=[N+]1C1CCCCC1[N+]3=C2. The van der Waals surface area contributed by atoms with E-state index in [1.54, 1.807) is 0 Å². The Morgan fingerprint density at radius 2 is 0.787 bits per heavy atom. The monoisotopic (exact) mass is 1030 g/mol. The second-order valence-electron chi connectivity index (χ2n) is 20.5. The van der Waals surface area contributed by atoms with Crippen LogP contribution in [0, 0.1) is 13.8 Å². The Morgan fingerprint density at radius 1 is 0.467 bits per heavy atom. The number of para-hydroxylation sites is 2. The average molecular weight is 1030 g/mol. The Morgan fingerprint density at radius 3 is 1.12 bits per heavy atom. The number of rotatable bonds is 14. The molecule has 0 radical (unpaired) electrons. The molecule has 75 heavy (non-hydrogen) atoms. The van der Waals surface area contributed by atoms with E-state index in [4.69, 9.17) is 18.9 Å². The molecule has 1 saturated heterocycles. The minimum Gasteiger partial charge on any atom is -0.366 e. The summed E-state index contributed by atoms with van der Waals surface area (Å²) in [4.78, 5) is 0. The predicted molar refractivity (Wildman–Crippen MR) is 305 cm³/mol. The van der Waals surface area contributed by atoms with Gasteiger partial charge in [-0.2, -0.15) is 0 Å². The summed E-state index contributed by atoms with van der Waals surface area (Å²) in [5.74, 6) is 1.59. The number of aryl methyl sites for hydroxylation is 2. The molecule has 3 heterocycles. The number of hydrogen-bond acceptors (Lipinski definition) is 4. The molecule has 4 aliphatic rings. The van der Waals surface area contributed by atoms with Gasteiger partial charge in [0.05, 0.1) is 24.3 Å². The Labute approximate surface area is 442 Å². The second kappa shape index (κ2) is 20.7. The van der Waals surface area contributed by atoms with Crippen LogP contribution in [0.15, 0.2) is 206 Å². The zero-order valence-electron chi connectivity index (χ0n) is 43.4. The lowest BCUT2D eigenvalue weighted by atomic mass is 9.91. The van der Waals surface area contributed by atoms with E-state index in [1.165, 1.54) is 21.2 Å². The van der Waals surface area contributed by atoms with E-state index in [0.717, 1.165) is 81.9 Å². The van der Waals surface area contributed by atoms with Crippen LogP contribution in [0.1, 0.15) is 59.1 Å². The van der Waals surface area contributed by atoms with Gasteiger partial charge in [-0.3, -0.25) is 0 Å². The molecule has 8 nitrogen and oxygen atoms in total. The van der Waals surface area contributed by atoms with Crippen molar-refractivity contribution in [2.75, 3.05) is 26.8 Å². The summed E-state index contributed by atoms with van der Waals surface area (Å²) in [6, 6.07) is 73.3. The van der Waals surface area contributed by atoms with Crippen LogP contribution in [0.2, 0.25) is 0 Å². The Hall–Kier alpha value is -6.92. The van der Waals surface area contributed by atoms with E-state index in [1.807, 2.05) is 0 Å². The highest BCUT2D eigenvalue weighted by Crippen LogP contribution is 2.52. The lowest BCUT2D eigenvalue weighted by molar-refractivity contribution is -0.866. The third kappa shape index (κ3) is 8.76. The van der Waals surface area contributed by atoms with Crippen molar-refractivity contribution in [3.8, 4) is 11.5 Å². The number of ether oxygens (including phenoxy) is 4. The standard InChI is InChI=1S/C65H66N4O4P2/c1-49-39-51-43-68-61-37-23-24-38-62(61)69-44-52-40-50(2)42-54(46-71-48-75(59-33-19-9-20-34-59,60-35-21-10-22-36-60)67(4)56-27-13-6-14-28-56)64(52)73-65(68,69)72-63(51)53(41-49)45-70-47-74(57-29-15-7-16-30-57,58-31-17-8-18-32-58)66(3)55-25-11-5-12-26-55/h5-22,25-36,39-44,61-62H,23-24,37-38,45-48H2,1-4H3/q+4. The molecule has 8 aromatic carbocycles. The molecular weight excluding hydrogens is 963 g/mol. The molecule has 0 bridgehead atoms. The van der Waals surface area contributed by atoms with Crippen molar-refractivity contribution in [2.45, 2.75) is 70.9 Å². The van der Waals surface area contributed by atoms with Gasteiger partial charge in [-0.15, -0.1) is 0 Å². The maximum Gasteiger partial charge on any atom is 0.704 e. The van der Waals surface area contributed by atoms with Crippen molar-refractivity contribution < 1.29 is 36.8 Å². The summed E-state index contributed by atoms with van der Waals surface area (Å²) in [6.45, 7) is 5.06. The summed E-state index contributed by atoms with van der Waals surface area (Å²) in [7, 11) is -0.289. The zero-order valence-corrected chi connectivity index (χ0v) is 45.2. The topological polar surface area (TPSA) is 49.0 Å². The van der Waals surface area contributed by atoms with E-state index < -0.39 is 20.1 Å². The number of fused-ring (bicyclic) bond motifs is 5. The Bertz CT molecular complexity index is 3250. The molecule has 0 amide bonds. The van der Waals surface area contributed by atoms with Gasteiger partial charge >= 0.3 is 6.03 Å². The van der Waals surface area contributed by atoms with E-state index >= 15 is 0 Å². The van der Waals surface area contributed by atoms with Gasteiger partial charge in [-0.1, -0.05) is 118 Å². The zero-order chi connectivity index (χ0) is 51.0. The first-order valence-electron chi connectivity index (χ1n) is 26.4. The lowest BCUT2D eigenvalue weighted by Crippen LogP contribution is -2.60. The molecule has 2 unspecified atom stereocenters. The predicted octanol–water partition coefficient (Wildman–Crippen LogP) is 12.2. The van der Waals surface area contributed by atoms with Gasteiger partial charge in [0.1, 0.15) is 26.8 Å². The van der Waals surface area contributed by atoms with Crippen molar-refractivity contribution >= 4 is 59.1 Å². The van der Waals surface area contributed by atoms with Gasteiger partial charge in [-0.05, 0) is 111 Å². The minimum absolute atomic E-state index is 0.213. The number of benzene rings is 8. The molecule has 1 spiro atoms. The Balaban J connectivity index is 0.917. The highest BCUT2D eigenvalue weighted by Gasteiger charge is 2.76. The molecule has 376 valence electrons. The van der Waals surface area contributed by atoms with Crippen molar-refractivity contribution in [3.63, 3.8) is 0 Å². The molecule has 2 atom stereocenters. The van der Waals surface area contributed by atoms with Gasteiger partial charge in [0.2, 0.25) is 23.5 Å². The number of hydrogen-bond donors (Lipinski definition) is 0. The van der Waals surface area contributed by atoms with Gasteiger partial charge in [0.15, 0.2) is 38.0 Å². The molecule has 1 saturated carbocycles. The van der Waals surface area contributed by atoms with Gasteiger partial charge in [-0.25, -0.2) is 8.66 Å². The Kier molecular flexibility index (Phi) is 13.5. The van der Waals surface area contributed by atoms with Crippen LogP contribution >= 0.6 is 14.1 Å². The summed E-state index contributed by atoms with van der Waals surface area (Å²) in [5, 5.41) is 5.03. The van der Waals surface area contributed by atoms with Crippen LogP contribution in [-0.4, -0.2) is 75.1 Å². The van der Waals surface area contributed by atoms with Crippen LogP contribution in [0.25, 0.3) is 0 Å². The summed E-state index contributed by atoms with van der Waals surface area (Å²) >= 11 is 0. The first-order chi connectivity index (χ1) is 36.8. The highest BCUT2D eigenvalue weighted by atomic mass is 31.2. The van der Waals surface area contributed by atoms with Gasteiger partial charge < -0.3 is 18.9 Å². The molecule has 3 aliphatic heterocycles.